The van der Waals surface area contributed by atoms with Crippen molar-refractivity contribution in [3.05, 3.63) is 83.6 Å². The molecule has 2 heterocycles. The van der Waals surface area contributed by atoms with Crippen LogP contribution in [-0.2, 0) is 0 Å². The average Bonchev–Trinajstić information content (AvgIpc) is 2.72. The summed E-state index contributed by atoms with van der Waals surface area (Å²) in [6.07, 6.45) is 1.81. The normalized spacial score (nSPS) is 13.0. The van der Waals surface area contributed by atoms with Gasteiger partial charge in [-0.2, -0.15) is 0 Å². The molecule has 0 amide bonds. The summed E-state index contributed by atoms with van der Waals surface area (Å²) in [5.74, 6) is 0.878. The maximum absolute atomic E-state index is 4.97. The first-order chi connectivity index (χ1) is 11.3. The summed E-state index contributed by atoms with van der Waals surface area (Å²) in [5, 5.41) is 0. The van der Waals surface area contributed by atoms with Gasteiger partial charge in [-0.15, -0.1) is 0 Å². The van der Waals surface area contributed by atoms with E-state index in [-0.39, 0.29) is 0 Å². The number of nitrogens with zero attached hydrogens (tertiary/aromatic N) is 3. The summed E-state index contributed by atoms with van der Waals surface area (Å²) in [6, 6.07) is 20.7. The third-order valence-corrected chi connectivity index (χ3v) is 4.24. The van der Waals surface area contributed by atoms with Crippen LogP contribution in [0.5, 0.6) is 0 Å². The first-order valence-corrected chi connectivity index (χ1v) is 7.68. The van der Waals surface area contributed by atoms with Crippen LogP contribution < -0.4 is 4.90 Å². The molecule has 0 N–H and O–H groups in total. The smallest absolute Gasteiger partial charge is 0.158 e. The Bertz CT molecular complexity index is 912. The molecule has 1 aliphatic heterocycles. The van der Waals surface area contributed by atoms with Crippen LogP contribution in [0.25, 0.3) is 0 Å². The largest absolute Gasteiger partial charge is 0.327 e. The van der Waals surface area contributed by atoms with Crippen molar-refractivity contribution < 1.29 is 0 Å². The van der Waals surface area contributed by atoms with E-state index in [4.69, 9.17) is 4.99 Å². The highest BCUT2D eigenvalue weighted by atomic mass is 15.2. The zero-order valence-corrected chi connectivity index (χ0v) is 13.2. The molecule has 0 atom stereocenters. The molecule has 1 aliphatic rings. The predicted octanol–water partition coefficient (Wildman–Crippen LogP) is 4.64. The van der Waals surface area contributed by atoms with Gasteiger partial charge in [0.25, 0.3) is 0 Å². The van der Waals surface area contributed by atoms with E-state index >= 15 is 0 Å². The number of para-hydroxylation sites is 1. The van der Waals surface area contributed by atoms with Crippen LogP contribution in [0, 0.1) is 6.92 Å². The lowest BCUT2D eigenvalue weighted by Gasteiger charge is -2.20. The molecule has 0 bridgehead atoms. The van der Waals surface area contributed by atoms with Gasteiger partial charge < -0.3 is 4.90 Å². The van der Waals surface area contributed by atoms with E-state index in [1.54, 1.807) is 0 Å². The summed E-state index contributed by atoms with van der Waals surface area (Å²) in [6.45, 7) is 2.12. The minimum atomic E-state index is 0.878. The lowest BCUT2D eigenvalue weighted by molar-refractivity contribution is 1.13. The summed E-state index contributed by atoms with van der Waals surface area (Å²) in [7, 11) is 2.04. The van der Waals surface area contributed by atoms with Crippen LogP contribution in [0.2, 0.25) is 0 Å². The van der Waals surface area contributed by atoms with E-state index in [2.05, 4.69) is 65.3 Å². The monoisotopic (exact) mass is 299 g/mol. The number of anilines is 2. The molecule has 3 aromatic rings. The highest BCUT2D eigenvalue weighted by molar-refractivity contribution is 6.19. The molecule has 0 saturated heterocycles. The Morgan fingerprint density at radius 1 is 0.826 bits per heavy atom. The predicted molar refractivity (Wildman–Crippen MR) is 95.2 cm³/mol. The maximum atomic E-state index is 4.97. The Morgan fingerprint density at radius 3 is 2.39 bits per heavy atom. The van der Waals surface area contributed by atoms with Crippen LogP contribution in [-0.4, -0.2) is 17.7 Å². The number of aliphatic imine (C=N–C) groups is 1. The zero-order valence-electron chi connectivity index (χ0n) is 13.2. The van der Waals surface area contributed by atoms with Gasteiger partial charge in [0, 0.05) is 24.4 Å². The van der Waals surface area contributed by atoms with Crippen LogP contribution in [0.3, 0.4) is 0 Å². The fraction of sp³-hybridized carbons (Fsp3) is 0.100. The molecule has 0 radical (unpaired) electrons. The van der Waals surface area contributed by atoms with Crippen molar-refractivity contribution >= 4 is 22.9 Å². The topological polar surface area (TPSA) is 28.5 Å². The molecule has 0 saturated carbocycles. The summed E-state index contributed by atoms with van der Waals surface area (Å²) in [4.78, 5) is 11.6. The molecule has 2 aromatic carbocycles. The minimum Gasteiger partial charge on any atom is -0.327 e. The van der Waals surface area contributed by atoms with Gasteiger partial charge in [0.1, 0.15) is 5.69 Å². The van der Waals surface area contributed by atoms with Crippen molar-refractivity contribution in [3.8, 4) is 0 Å². The van der Waals surface area contributed by atoms with E-state index in [1.165, 1.54) is 5.56 Å². The second kappa shape index (κ2) is 5.36. The zero-order chi connectivity index (χ0) is 15.8. The Hall–Kier alpha value is -2.94. The number of hydrogen-bond donors (Lipinski definition) is 0. The quantitative estimate of drug-likeness (QED) is 0.655. The Balaban J connectivity index is 2.06. The summed E-state index contributed by atoms with van der Waals surface area (Å²) in [5.41, 5.74) is 6.51. The van der Waals surface area contributed by atoms with Gasteiger partial charge in [0.05, 0.1) is 11.4 Å². The van der Waals surface area contributed by atoms with Crippen LogP contribution in [0.15, 0.2) is 71.9 Å². The van der Waals surface area contributed by atoms with E-state index in [9.17, 15) is 0 Å². The van der Waals surface area contributed by atoms with E-state index in [0.29, 0.717) is 0 Å². The van der Waals surface area contributed by atoms with Gasteiger partial charge >= 0.3 is 0 Å². The number of fused-ring (bicyclic) bond motifs is 2. The standard InChI is InChI=1S/C20H17N3/c1-14-8-3-4-9-15(14)19-16-10-5-6-12-18(16)23(2)20-17(22-19)11-7-13-21-20/h3-13H,1-2H3. The molecule has 23 heavy (non-hydrogen) atoms. The van der Waals surface area contributed by atoms with Gasteiger partial charge in [-0.1, -0.05) is 42.5 Å². The molecular formula is C20H17N3. The second-order valence-electron chi connectivity index (χ2n) is 5.70. The number of rotatable bonds is 1. The molecule has 0 unspecified atom stereocenters. The Morgan fingerprint density at radius 2 is 1.57 bits per heavy atom. The van der Waals surface area contributed by atoms with Crippen molar-refractivity contribution in [2.75, 3.05) is 11.9 Å². The van der Waals surface area contributed by atoms with Crippen LogP contribution in [0.1, 0.15) is 16.7 Å². The molecule has 0 aliphatic carbocycles. The molecule has 1 aromatic heterocycles. The molecule has 4 rings (SSSR count). The Kier molecular flexibility index (Phi) is 3.19. The molecule has 3 nitrogen and oxygen atoms in total. The number of aryl methyl sites for hydroxylation is 1. The van der Waals surface area contributed by atoms with E-state index in [0.717, 1.165) is 34.0 Å². The van der Waals surface area contributed by atoms with Gasteiger partial charge in [-0.25, -0.2) is 9.98 Å². The average molecular weight is 299 g/mol. The number of benzene rings is 2. The van der Waals surface area contributed by atoms with Gasteiger partial charge in [0.2, 0.25) is 0 Å². The lowest BCUT2D eigenvalue weighted by Crippen LogP contribution is -2.14. The third kappa shape index (κ3) is 2.21. The van der Waals surface area contributed by atoms with Crippen molar-refractivity contribution in [1.29, 1.82) is 0 Å². The van der Waals surface area contributed by atoms with Crippen molar-refractivity contribution in [1.82, 2.24) is 4.98 Å². The van der Waals surface area contributed by atoms with Gasteiger partial charge in [0.15, 0.2) is 5.82 Å². The second-order valence-corrected chi connectivity index (χ2v) is 5.70. The van der Waals surface area contributed by atoms with Crippen LogP contribution >= 0.6 is 0 Å². The highest BCUT2D eigenvalue weighted by Gasteiger charge is 2.22. The number of aromatic nitrogens is 1. The van der Waals surface area contributed by atoms with Crippen molar-refractivity contribution in [3.63, 3.8) is 0 Å². The highest BCUT2D eigenvalue weighted by Crippen LogP contribution is 2.38. The molecule has 0 fully saturated rings. The first-order valence-electron chi connectivity index (χ1n) is 7.68. The summed E-state index contributed by atoms with van der Waals surface area (Å²) < 4.78 is 0. The minimum absolute atomic E-state index is 0.878. The maximum Gasteiger partial charge on any atom is 0.158 e. The molecule has 0 spiro atoms. The van der Waals surface area contributed by atoms with E-state index in [1.807, 2.05) is 25.4 Å². The van der Waals surface area contributed by atoms with Crippen LogP contribution in [0.4, 0.5) is 17.2 Å². The molecule has 112 valence electrons. The fourth-order valence-corrected chi connectivity index (χ4v) is 3.04. The van der Waals surface area contributed by atoms with Crippen molar-refractivity contribution in [2.24, 2.45) is 4.99 Å². The fourth-order valence-electron chi connectivity index (χ4n) is 3.04. The van der Waals surface area contributed by atoms with Gasteiger partial charge in [-0.3, -0.25) is 0 Å². The van der Waals surface area contributed by atoms with Gasteiger partial charge in [-0.05, 0) is 30.7 Å². The van der Waals surface area contributed by atoms with Crippen molar-refractivity contribution in [2.45, 2.75) is 6.92 Å². The lowest BCUT2D eigenvalue weighted by atomic mass is 9.97. The summed E-state index contributed by atoms with van der Waals surface area (Å²) >= 11 is 0. The third-order valence-electron chi connectivity index (χ3n) is 4.24. The number of pyridine rings is 1. The van der Waals surface area contributed by atoms with E-state index < -0.39 is 0 Å². The number of hydrogen-bond acceptors (Lipinski definition) is 3. The molecular weight excluding hydrogens is 282 g/mol. The first kappa shape index (κ1) is 13.7. The molecule has 3 heteroatoms. The SMILES string of the molecule is Cc1ccccc1C1=Nc2cccnc2N(C)c2ccccc21. The Labute approximate surface area is 136 Å².